The van der Waals surface area contributed by atoms with Gasteiger partial charge in [-0.05, 0) is 44.0 Å². The SMILES string of the molecule is CCNC(=NCC(C)Sc1ccccc1)NCCc1ccc(C)nc1. The molecule has 0 saturated carbocycles. The number of aryl methyl sites for hydroxylation is 1. The lowest BCUT2D eigenvalue weighted by Gasteiger charge is -2.13. The largest absolute Gasteiger partial charge is 0.357 e. The molecule has 1 atom stereocenters. The predicted octanol–water partition coefficient (Wildman–Crippen LogP) is 3.67. The first-order chi connectivity index (χ1) is 12.2. The van der Waals surface area contributed by atoms with Crippen LogP contribution in [-0.4, -0.2) is 35.8 Å². The van der Waals surface area contributed by atoms with Gasteiger partial charge in [0.05, 0.1) is 6.54 Å². The summed E-state index contributed by atoms with van der Waals surface area (Å²) in [5, 5.41) is 7.15. The normalized spacial score (nSPS) is 12.7. The summed E-state index contributed by atoms with van der Waals surface area (Å²) in [4.78, 5) is 10.3. The maximum Gasteiger partial charge on any atom is 0.191 e. The highest BCUT2D eigenvalue weighted by Gasteiger charge is 2.05. The summed E-state index contributed by atoms with van der Waals surface area (Å²) in [6.45, 7) is 8.79. The summed E-state index contributed by atoms with van der Waals surface area (Å²) in [6, 6.07) is 14.7. The van der Waals surface area contributed by atoms with E-state index in [4.69, 9.17) is 4.99 Å². The molecule has 1 heterocycles. The van der Waals surface area contributed by atoms with Gasteiger partial charge in [-0.1, -0.05) is 31.2 Å². The maximum atomic E-state index is 4.71. The fourth-order valence-electron chi connectivity index (χ4n) is 2.30. The lowest BCUT2D eigenvalue weighted by Crippen LogP contribution is -2.38. The molecule has 25 heavy (non-hydrogen) atoms. The number of benzene rings is 1. The summed E-state index contributed by atoms with van der Waals surface area (Å²) < 4.78 is 0. The Morgan fingerprint density at radius 3 is 2.64 bits per heavy atom. The van der Waals surface area contributed by atoms with Gasteiger partial charge in [-0.2, -0.15) is 0 Å². The molecule has 1 aromatic carbocycles. The van der Waals surface area contributed by atoms with Crippen LogP contribution in [0.4, 0.5) is 0 Å². The zero-order valence-corrected chi connectivity index (χ0v) is 16.1. The van der Waals surface area contributed by atoms with Crippen molar-refractivity contribution >= 4 is 17.7 Å². The summed E-state index contributed by atoms with van der Waals surface area (Å²) >= 11 is 1.85. The van der Waals surface area contributed by atoms with Crippen molar-refractivity contribution in [3.8, 4) is 0 Å². The number of pyridine rings is 1. The number of thioether (sulfide) groups is 1. The van der Waals surface area contributed by atoms with Crippen molar-refractivity contribution in [3.63, 3.8) is 0 Å². The first kappa shape index (κ1) is 19.3. The first-order valence-corrected chi connectivity index (χ1v) is 9.70. The van der Waals surface area contributed by atoms with Crippen molar-refractivity contribution in [3.05, 3.63) is 59.9 Å². The van der Waals surface area contributed by atoms with Gasteiger partial charge < -0.3 is 10.6 Å². The van der Waals surface area contributed by atoms with Crippen molar-refractivity contribution in [2.24, 2.45) is 4.99 Å². The van der Waals surface area contributed by atoms with Crippen LogP contribution < -0.4 is 10.6 Å². The smallest absolute Gasteiger partial charge is 0.191 e. The van der Waals surface area contributed by atoms with Crippen LogP contribution in [0.2, 0.25) is 0 Å². The third-order valence-electron chi connectivity index (χ3n) is 3.61. The van der Waals surface area contributed by atoms with Gasteiger partial charge in [0.2, 0.25) is 0 Å². The molecule has 4 nitrogen and oxygen atoms in total. The molecule has 0 aliphatic heterocycles. The van der Waals surface area contributed by atoms with E-state index in [1.807, 2.05) is 30.9 Å². The van der Waals surface area contributed by atoms with E-state index >= 15 is 0 Å². The fraction of sp³-hybridized carbons (Fsp3) is 0.400. The van der Waals surface area contributed by atoms with E-state index in [-0.39, 0.29) is 0 Å². The molecule has 2 aromatic rings. The summed E-state index contributed by atoms with van der Waals surface area (Å²) in [5.74, 6) is 0.878. The van der Waals surface area contributed by atoms with Gasteiger partial charge in [-0.3, -0.25) is 9.98 Å². The molecule has 1 unspecified atom stereocenters. The quantitative estimate of drug-likeness (QED) is 0.430. The van der Waals surface area contributed by atoms with Crippen molar-refractivity contribution in [2.75, 3.05) is 19.6 Å². The molecule has 0 spiro atoms. The average molecular weight is 357 g/mol. The van der Waals surface area contributed by atoms with Crippen molar-refractivity contribution < 1.29 is 0 Å². The molecule has 1 aromatic heterocycles. The van der Waals surface area contributed by atoms with Gasteiger partial charge in [0, 0.05) is 35.1 Å². The molecule has 0 bridgehead atoms. The molecule has 0 saturated heterocycles. The topological polar surface area (TPSA) is 49.3 Å². The van der Waals surface area contributed by atoms with E-state index in [0.717, 1.165) is 37.7 Å². The molecule has 0 radical (unpaired) electrons. The highest BCUT2D eigenvalue weighted by Crippen LogP contribution is 2.22. The van der Waals surface area contributed by atoms with Crippen LogP contribution in [0.15, 0.2) is 58.5 Å². The minimum absolute atomic E-state index is 0.430. The van der Waals surface area contributed by atoms with Crippen molar-refractivity contribution in [2.45, 2.75) is 37.3 Å². The minimum atomic E-state index is 0.430. The molecule has 0 aliphatic rings. The van der Waals surface area contributed by atoms with E-state index in [1.54, 1.807) is 0 Å². The Hall–Kier alpha value is -2.01. The Balaban J connectivity index is 1.79. The molecule has 2 N–H and O–H groups in total. The molecule has 5 heteroatoms. The van der Waals surface area contributed by atoms with E-state index in [1.165, 1.54) is 10.5 Å². The van der Waals surface area contributed by atoms with Gasteiger partial charge in [0.1, 0.15) is 0 Å². The molecule has 134 valence electrons. The van der Waals surface area contributed by atoms with E-state index in [0.29, 0.717) is 5.25 Å². The maximum absolute atomic E-state index is 4.71. The molecular weight excluding hydrogens is 328 g/mol. The van der Waals surface area contributed by atoms with Crippen LogP contribution in [0.25, 0.3) is 0 Å². The number of hydrogen-bond acceptors (Lipinski definition) is 3. The second-order valence-corrected chi connectivity index (χ2v) is 7.46. The van der Waals surface area contributed by atoms with Crippen LogP contribution in [0.1, 0.15) is 25.1 Å². The standard InChI is InChI=1S/C20H28N4S/c1-4-21-20(22-13-12-18-11-10-16(2)23-15-18)24-14-17(3)25-19-8-6-5-7-9-19/h5-11,15,17H,4,12-14H2,1-3H3,(H2,21,22,24). The number of nitrogens with one attached hydrogen (secondary N) is 2. The first-order valence-electron chi connectivity index (χ1n) is 8.82. The minimum Gasteiger partial charge on any atom is -0.357 e. The monoisotopic (exact) mass is 356 g/mol. The molecule has 0 fully saturated rings. The third-order valence-corrected chi connectivity index (χ3v) is 4.71. The fourth-order valence-corrected chi connectivity index (χ4v) is 3.23. The number of aromatic nitrogens is 1. The van der Waals surface area contributed by atoms with Gasteiger partial charge in [0.25, 0.3) is 0 Å². The number of guanidine groups is 1. The van der Waals surface area contributed by atoms with Crippen LogP contribution in [0, 0.1) is 6.92 Å². The number of nitrogens with zero attached hydrogens (tertiary/aromatic N) is 2. The Morgan fingerprint density at radius 2 is 1.96 bits per heavy atom. The summed E-state index contributed by atoms with van der Waals surface area (Å²) in [6.07, 6.45) is 2.88. The second kappa shape index (κ2) is 10.8. The zero-order valence-electron chi connectivity index (χ0n) is 15.3. The summed E-state index contributed by atoms with van der Waals surface area (Å²) in [5.41, 5.74) is 2.29. The lowest BCUT2D eigenvalue weighted by molar-refractivity contribution is 0.793. The van der Waals surface area contributed by atoms with Crippen molar-refractivity contribution in [1.82, 2.24) is 15.6 Å². The average Bonchev–Trinajstić information content (AvgIpc) is 2.62. The number of rotatable bonds is 8. The number of hydrogen-bond donors (Lipinski definition) is 2. The van der Waals surface area contributed by atoms with Crippen LogP contribution in [0.5, 0.6) is 0 Å². The van der Waals surface area contributed by atoms with Crippen LogP contribution >= 0.6 is 11.8 Å². The Bertz CT molecular complexity index is 641. The molecule has 0 amide bonds. The van der Waals surface area contributed by atoms with Gasteiger partial charge in [-0.25, -0.2) is 0 Å². The van der Waals surface area contributed by atoms with Crippen LogP contribution in [-0.2, 0) is 6.42 Å². The van der Waals surface area contributed by atoms with E-state index in [9.17, 15) is 0 Å². The number of aliphatic imine (C=N–C) groups is 1. The zero-order chi connectivity index (χ0) is 17.9. The van der Waals surface area contributed by atoms with E-state index in [2.05, 4.69) is 65.9 Å². The van der Waals surface area contributed by atoms with Gasteiger partial charge >= 0.3 is 0 Å². The second-order valence-electron chi connectivity index (χ2n) is 5.95. The highest BCUT2D eigenvalue weighted by molar-refractivity contribution is 8.00. The molecular formula is C20H28N4S. The Morgan fingerprint density at radius 1 is 1.16 bits per heavy atom. The predicted molar refractivity (Wildman–Crippen MR) is 108 cm³/mol. The highest BCUT2D eigenvalue weighted by atomic mass is 32.2. The lowest BCUT2D eigenvalue weighted by atomic mass is 10.2. The Labute approximate surface area is 155 Å². The van der Waals surface area contributed by atoms with Gasteiger partial charge in [-0.15, -0.1) is 11.8 Å². The summed E-state index contributed by atoms with van der Waals surface area (Å²) in [7, 11) is 0. The Kier molecular flexibility index (Phi) is 8.32. The molecule has 0 aliphatic carbocycles. The van der Waals surface area contributed by atoms with Crippen molar-refractivity contribution in [1.29, 1.82) is 0 Å². The molecule has 2 rings (SSSR count). The van der Waals surface area contributed by atoms with Gasteiger partial charge in [0.15, 0.2) is 5.96 Å². The third kappa shape index (κ3) is 7.61. The van der Waals surface area contributed by atoms with E-state index < -0.39 is 0 Å². The van der Waals surface area contributed by atoms with Crippen LogP contribution in [0.3, 0.4) is 0 Å².